The SMILES string of the molecule is CCOC(=O)c1cn2nc[nH]c(=O)c2c1C(C)C. The van der Waals surface area contributed by atoms with Gasteiger partial charge in [0.15, 0.2) is 0 Å². The summed E-state index contributed by atoms with van der Waals surface area (Å²) in [7, 11) is 0. The van der Waals surface area contributed by atoms with Crippen LogP contribution in [0.3, 0.4) is 0 Å². The molecular weight excluding hydrogens is 234 g/mol. The van der Waals surface area contributed by atoms with E-state index < -0.39 is 5.97 Å². The van der Waals surface area contributed by atoms with Gasteiger partial charge >= 0.3 is 5.97 Å². The van der Waals surface area contributed by atoms with Crippen molar-refractivity contribution in [2.45, 2.75) is 26.7 Å². The summed E-state index contributed by atoms with van der Waals surface area (Å²) in [5.41, 5.74) is 1.21. The van der Waals surface area contributed by atoms with Gasteiger partial charge in [0, 0.05) is 11.8 Å². The van der Waals surface area contributed by atoms with Crippen molar-refractivity contribution in [2.75, 3.05) is 6.61 Å². The first-order valence-corrected chi connectivity index (χ1v) is 5.82. The Bertz CT molecular complexity index is 640. The molecule has 0 spiro atoms. The summed E-state index contributed by atoms with van der Waals surface area (Å²) in [6, 6.07) is 0. The molecule has 18 heavy (non-hydrogen) atoms. The first-order chi connectivity index (χ1) is 8.56. The zero-order valence-corrected chi connectivity index (χ0v) is 10.6. The average Bonchev–Trinajstić information content (AvgIpc) is 2.70. The van der Waals surface area contributed by atoms with Crippen LogP contribution in [0.5, 0.6) is 0 Å². The molecule has 2 rings (SSSR count). The molecule has 0 aliphatic rings. The predicted molar refractivity (Wildman–Crippen MR) is 65.9 cm³/mol. The number of nitrogens with one attached hydrogen (secondary N) is 1. The third kappa shape index (κ3) is 1.90. The van der Waals surface area contributed by atoms with Crippen molar-refractivity contribution in [1.29, 1.82) is 0 Å². The van der Waals surface area contributed by atoms with E-state index >= 15 is 0 Å². The maximum atomic E-state index is 11.9. The average molecular weight is 249 g/mol. The Morgan fingerprint density at radius 3 is 2.89 bits per heavy atom. The monoisotopic (exact) mass is 249 g/mol. The Morgan fingerprint density at radius 2 is 2.28 bits per heavy atom. The molecule has 0 aromatic carbocycles. The van der Waals surface area contributed by atoms with E-state index in [1.165, 1.54) is 17.0 Å². The van der Waals surface area contributed by atoms with Crippen molar-refractivity contribution in [3.63, 3.8) is 0 Å². The Balaban J connectivity index is 2.74. The van der Waals surface area contributed by atoms with E-state index in [0.29, 0.717) is 23.3 Å². The molecule has 0 fully saturated rings. The normalized spacial score (nSPS) is 11.1. The van der Waals surface area contributed by atoms with Crippen LogP contribution in [-0.2, 0) is 4.74 Å². The fraction of sp³-hybridized carbons (Fsp3) is 0.417. The van der Waals surface area contributed by atoms with Crippen molar-refractivity contribution in [3.05, 3.63) is 34.0 Å². The lowest BCUT2D eigenvalue weighted by atomic mass is 10.0. The van der Waals surface area contributed by atoms with Crippen LogP contribution in [0.2, 0.25) is 0 Å². The highest BCUT2D eigenvalue weighted by Gasteiger charge is 2.22. The number of nitrogens with zero attached hydrogens (tertiary/aromatic N) is 2. The molecular formula is C12H15N3O3. The second-order valence-electron chi connectivity index (χ2n) is 4.24. The Kier molecular flexibility index (Phi) is 3.18. The molecule has 1 N–H and O–H groups in total. The van der Waals surface area contributed by atoms with Gasteiger partial charge in [0.2, 0.25) is 0 Å². The van der Waals surface area contributed by atoms with Gasteiger partial charge in [0.25, 0.3) is 5.56 Å². The molecule has 0 amide bonds. The van der Waals surface area contributed by atoms with Crippen LogP contribution in [-0.4, -0.2) is 27.2 Å². The van der Waals surface area contributed by atoms with Crippen molar-refractivity contribution in [3.8, 4) is 0 Å². The van der Waals surface area contributed by atoms with Crippen LogP contribution in [0.1, 0.15) is 42.6 Å². The predicted octanol–water partition coefficient (Wildman–Crippen LogP) is 1.32. The van der Waals surface area contributed by atoms with Crippen molar-refractivity contribution in [1.82, 2.24) is 14.6 Å². The number of ether oxygens (including phenoxy) is 1. The summed E-state index contributed by atoms with van der Waals surface area (Å²) >= 11 is 0. The standard InChI is InChI=1S/C12H15N3O3/c1-4-18-12(17)8-5-15-10(9(8)7(2)3)11(16)13-6-14-15/h5-7H,4H2,1-3H3,(H,13,14,16). The van der Waals surface area contributed by atoms with E-state index in [2.05, 4.69) is 10.1 Å². The van der Waals surface area contributed by atoms with Gasteiger partial charge in [-0.05, 0) is 12.8 Å². The molecule has 6 nitrogen and oxygen atoms in total. The van der Waals surface area contributed by atoms with Crippen molar-refractivity contribution in [2.24, 2.45) is 0 Å². The molecule has 2 aromatic rings. The third-order valence-electron chi connectivity index (χ3n) is 2.69. The number of aromatic amines is 1. The number of fused-ring (bicyclic) bond motifs is 1. The number of carbonyl (C=O) groups is 1. The topological polar surface area (TPSA) is 76.5 Å². The zero-order valence-electron chi connectivity index (χ0n) is 10.6. The molecule has 0 saturated carbocycles. The lowest BCUT2D eigenvalue weighted by molar-refractivity contribution is 0.0525. The Hall–Kier alpha value is -2.11. The van der Waals surface area contributed by atoms with E-state index in [1.54, 1.807) is 6.92 Å². The quantitative estimate of drug-likeness (QED) is 0.832. The van der Waals surface area contributed by atoms with Crippen LogP contribution in [0, 0.1) is 0 Å². The van der Waals surface area contributed by atoms with Crippen LogP contribution in [0.15, 0.2) is 17.3 Å². The smallest absolute Gasteiger partial charge is 0.340 e. The maximum Gasteiger partial charge on any atom is 0.340 e. The minimum absolute atomic E-state index is 0.0275. The number of rotatable bonds is 3. The zero-order chi connectivity index (χ0) is 13.3. The number of aromatic nitrogens is 3. The van der Waals surface area contributed by atoms with Crippen LogP contribution >= 0.6 is 0 Å². The fourth-order valence-electron chi connectivity index (χ4n) is 2.00. The second-order valence-corrected chi connectivity index (χ2v) is 4.24. The Morgan fingerprint density at radius 1 is 1.56 bits per heavy atom. The van der Waals surface area contributed by atoms with Crippen LogP contribution < -0.4 is 5.56 Å². The lowest BCUT2D eigenvalue weighted by Gasteiger charge is -2.06. The number of hydrogen-bond donors (Lipinski definition) is 1. The largest absolute Gasteiger partial charge is 0.462 e. The van der Waals surface area contributed by atoms with Gasteiger partial charge in [-0.2, -0.15) is 5.10 Å². The lowest BCUT2D eigenvalue weighted by Crippen LogP contribution is -2.12. The maximum absolute atomic E-state index is 11.9. The van der Waals surface area contributed by atoms with Gasteiger partial charge in [-0.3, -0.25) is 4.79 Å². The van der Waals surface area contributed by atoms with E-state index in [4.69, 9.17) is 4.74 Å². The molecule has 2 aromatic heterocycles. The molecule has 0 unspecified atom stereocenters. The van der Waals surface area contributed by atoms with E-state index in [-0.39, 0.29) is 11.5 Å². The van der Waals surface area contributed by atoms with Crippen molar-refractivity contribution >= 4 is 11.5 Å². The minimum Gasteiger partial charge on any atom is -0.462 e. The highest BCUT2D eigenvalue weighted by Crippen LogP contribution is 2.24. The molecule has 0 aliphatic heterocycles. The molecule has 0 radical (unpaired) electrons. The minimum atomic E-state index is -0.425. The molecule has 0 atom stereocenters. The second kappa shape index (κ2) is 4.64. The van der Waals surface area contributed by atoms with Gasteiger partial charge in [-0.1, -0.05) is 13.8 Å². The number of esters is 1. The van der Waals surface area contributed by atoms with Crippen LogP contribution in [0.4, 0.5) is 0 Å². The van der Waals surface area contributed by atoms with Gasteiger partial charge in [-0.15, -0.1) is 0 Å². The van der Waals surface area contributed by atoms with Crippen LogP contribution in [0.25, 0.3) is 5.52 Å². The first-order valence-electron chi connectivity index (χ1n) is 5.82. The highest BCUT2D eigenvalue weighted by atomic mass is 16.5. The molecule has 96 valence electrons. The molecule has 0 bridgehead atoms. The molecule has 2 heterocycles. The highest BCUT2D eigenvalue weighted by molar-refractivity contribution is 5.94. The summed E-state index contributed by atoms with van der Waals surface area (Å²) < 4.78 is 6.41. The van der Waals surface area contributed by atoms with Gasteiger partial charge in [-0.25, -0.2) is 9.31 Å². The van der Waals surface area contributed by atoms with Crippen molar-refractivity contribution < 1.29 is 9.53 Å². The van der Waals surface area contributed by atoms with Gasteiger partial charge in [0.1, 0.15) is 11.8 Å². The van der Waals surface area contributed by atoms with E-state index in [1.807, 2.05) is 13.8 Å². The number of carbonyl (C=O) groups excluding carboxylic acids is 1. The summed E-state index contributed by atoms with van der Waals surface area (Å²) in [5.74, 6) is -0.397. The third-order valence-corrected chi connectivity index (χ3v) is 2.69. The van der Waals surface area contributed by atoms with E-state index in [0.717, 1.165) is 0 Å². The van der Waals surface area contributed by atoms with E-state index in [9.17, 15) is 9.59 Å². The summed E-state index contributed by atoms with van der Waals surface area (Å²) in [4.78, 5) is 26.2. The molecule has 0 saturated heterocycles. The Labute approximate surface area is 104 Å². The summed E-state index contributed by atoms with van der Waals surface area (Å²) in [6.07, 6.45) is 2.84. The number of H-pyrrole nitrogens is 1. The molecule has 0 aliphatic carbocycles. The summed E-state index contributed by atoms with van der Waals surface area (Å²) in [6.45, 7) is 5.88. The van der Waals surface area contributed by atoms with Gasteiger partial charge in [0.05, 0.1) is 12.2 Å². The summed E-state index contributed by atoms with van der Waals surface area (Å²) in [5, 5.41) is 4.00. The number of hydrogen-bond acceptors (Lipinski definition) is 4. The molecule has 6 heteroatoms. The fourth-order valence-corrected chi connectivity index (χ4v) is 2.00. The first kappa shape index (κ1) is 12.3. The van der Waals surface area contributed by atoms with Gasteiger partial charge < -0.3 is 9.72 Å².